The molecule has 0 radical (unpaired) electrons. The number of carbonyl (C=O) groups excluding carboxylic acids is 2. The number of hydrogen-bond acceptors (Lipinski definition) is 3. The predicted octanol–water partition coefficient (Wildman–Crippen LogP) is 2.47. The van der Waals surface area contributed by atoms with Crippen LogP contribution in [0.5, 0.6) is 0 Å². The van der Waals surface area contributed by atoms with Gasteiger partial charge in [0.2, 0.25) is 5.91 Å². The molecular formula is C19H23N3O2. The van der Waals surface area contributed by atoms with E-state index in [1.54, 1.807) is 0 Å². The topological polar surface area (TPSA) is 70.2 Å². The van der Waals surface area contributed by atoms with Gasteiger partial charge in [-0.05, 0) is 36.8 Å². The van der Waals surface area contributed by atoms with Crippen molar-refractivity contribution in [2.45, 2.75) is 20.4 Å². The minimum absolute atomic E-state index is 0.0588. The van der Waals surface area contributed by atoms with Crippen molar-refractivity contribution in [2.75, 3.05) is 18.4 Å². The zero-order valence-corrected chi connectivity index (χ0v) is 14.1. The maximum Gasteiger partial charge on any atom is 0.251 e. The van der Waals surface area contributed by atoms with Gasteiger partial charge in [0.05, 0.1) is 0 Å². The molecule has 0 aliphatic heterocycles. The number of carbonyl (C=O) groups is 2. The van der Waals surface area contributed by atoms with Gasteiger partial charge in [-0.15, -0.1) is 0 Å². The molecule has 0 saturated heterocycles. The van der Waals surface area contributed by atoms with Crippen molar-refractivity contribution >= 4 is 17.5 Å². The van der Waals surface area contributed by atoms with Gasteiger partial charge in [0, 0.05) is 37.8 Å². The lowest BCUT2D eigenvalue weighted by Gasteiger charge is -2.08. The Bertz CT molecular complexity index is 679. The van der Waals surface area contributed by atoms with Crippen LogP contribution < -0.4 is 16.0 Å². The summed E-state index contributed by atoms with van der Waals surface area (Å²) in [6.45, 7) is 5.44. The molecule has 0 saturated carbocycles. The van der Waals surface area contributed by atoms with Gasteiger partial charge >= 0.3 is 0 Å². The van der Waals surface area contributed by atoms with Crippen LogP contribution in [0, 0.1) is 6.92 Å². The van der Waals surface area contributed by atoms with Crippen LogP contribution in [0.2, 0.25) is 0 Å². The molecule has 2 amide bonds. The van der Waals surface area contributed by atoms with Crippen LogP contribution in [-0.2, 0) is 11.3 Å². The van der Waals surface area contributed by atoms with Gasteiger partial charge in [-0.3, -0.25) is 9.59 Å². The second kappa shape index (κ2) is 8.84. The summed E-state index contributed by atoms with van der Waals surface area (Å²) in [5, 5.41) is 8.90. The van der Waals surface area contributed by atoms with Gasteiger partial charge in [-0.25, -0.2) is 0 Å². The lowest BCUT2D eigenvalue weighted by Crippen LogP contribution is -2.31. The first kappa shape index (κ1) is 17.7. The third-order valence-corrected chi connectivity index (χ3v) is 3.50. The molecule has 0 unspecified atom stereocenters. The summed E-state index contributed by atoms with van der Waals surface area (Å²) in [7, 11) is 0. The Hall–Kier alpha value is -2.66. The third-order valence-electron chi connectivity index (χ3n) is 3.50. The van der Waals surface area contributed by atoms with Gasteiger partial charge in [0.25, 0.3) is 5.91 Å². The monoisotopic (exact) mass is 325 g/mol. The standard InChI is InChI=1S/C19H23N3O2/c1-14-3-7-17(8-4-14)19(24)21-12-11-20-13-16-5-9-18(10-6-16)22-15(2)23/h3-10,20H,11-13H2,1-2H3,(H,21,24)(H,22,23). The maximum absolute atomic E-state index is 11.9. The number of anilines is 1. The minimum Gasteiger partial charge on any atom is -0.351 e. The average Bonchev–Trinajstić information content (AvgIpc) is 2.56. The van der Waals surface area contributed by atoms with Gasteiger partial charge in [-0.2, -0.15) is 0 Å². The summed E-state index contributed by atoms with van der Waals surface area (Å²) in [6, 6.07) is 15.2. The highest BCUT2D eigenvalue weighted by molar-refractivity contribution is 5.94. The fraction of sp³-hybridized carbons (Fsp3) is 0.263. The van der Waals surface area contributed by atoms with E-state index in [0.717, 1.165) is 16.8 Å². The second-order valence-electron chi connectivity index (χ2n) is 5.68. The number of rotatable bonds is 7. The Morgan fingerprint density at radius 3 is 2.21 bits per heavy atom. The normalized spacial score (nSPS) is 10.2. The molecule has 0 aliphatic rings. The van der Waals surface area contributed by atoms with Crippen molar-refractivity contribution in [3.63, 3.8) is 0 Å². The van der Waals surface area contributed by atoms with Gasteiger partial charge in [0.15, 0.2) is 0 Å². The lowest BCUT2D eigenvalue weighted by atomic mass is 10.1. The smallest absolute Gasteiger partial charge is 0.251 e. The largest absolute Gasteiger partial charge is 0.351 e. The summed E-state index contributed by atoms with van der Waals surface area (Å²) in [5.74, 6) is -0.137. The molecule has 2 aromatic carbocycles. The first-order valence-corrected chi connectivity index (χ1v) is 7.97. The van der Waals surface area contributed by atoms with E-state index in [0.29, 0.717) is 25.2 Å². The fourth-order valence-electron chi connectivity index (χ4n) is 2.21. The molecule has 3 N–H and O–H groups in total. The van der Waals surface area contributed by atoms with Crippen LogP contribution in [0.3, 0.4) is 0 Å². The molecule has 5 heteroatoms. The molecule has 2 aromatic rings. The van der Waals surface area contributed by atoms with E-state index < -0.39 is 0 Å². The molecule has 0 spiro atoms. The number of amides is 2. The van der Waals surface area contributed by atoms with E-state index in [9.17, 15) is 9.59 Å². The van der Waals surface area contributed by atoms with Crippen LogP contribution in [0.1, 0.15) is 28.4 Å². The van der Waals surface area contributed by atoms with Crippen LogP contribution >= 0.6 is 0 Å². The molecule has 5 nitrogen and oxygen atoms in total. The number of hydrogen-bond donors (Lipinski definition) is 3. The molecule has 0 heterocycles. The summed E-state index contributed by atoms with van der Waals surface area (Å²) in [6.07, 6.45) is 0. The van der Waals surface area contributed by atoms with E-state index in [-0.39, 0.29) is 11.8 Å². The van der Waals surface area contributed by atoms with E-state index in [1.807, 2.05) is 55.5 Å². The van der Waals surface area contributed by atoms with Crippen LogP contribution in [-0.4, -0.2) is 24.9 Å². The molecule has 0 aromatic heterocycles. The van der Waals surface area contributed by atoms with E-state index in [4.69, 9.17) is 0 Å². The highest BCUT2D eigenvalue weighted by Crippen LogP contribution is 2.09. The predicted molar refractivity (Wildman–Crippen MR) is 96.0 cm³/mol. The summed E-state index contributed by atoms with van der Waals surface area (Å²) >= 11 is 0. The minimum atomic E-state index is -0.0785. The molecular weight excluding hydrogens is 302 g/mol. The van der Waals surface area contributed by atoms with Gasteiger partial charge in [-0.1, -0.05) is 29.8 Å². The van der Waals surface area contributed by atoms with Gasteiger partial charge in [0.1, 0.15) is 0 Å². The van der Waals surface area contributed by atoms with E-state index in [1.165, 1.54) is 6.92 Å². The molecule has 0 aliphatic carbocycles. The van der Waals surface area contributed by atoms with Crippen molar-refractivity contribution in [3.05, 3.63) is 65.2 Å². The number of nitrogens with one attached hydrogen (secondary N) is 3. The van der Waals surface area contributed by atoms with Crippen molar-refractivity contribution in [3.8, 4) is 0 Å². The molecule has 0 bridgehead atoms. The number of aryl methyl sites for hydroxylation is 1. The molecule has 2 rings (SSSR count). The second-order valence-corrected chi connectivity index (χ2v) is 5.68. The Morgan fingerprint density at radius 2 is 1.58 bits per heavy atom. The maximum atomic E-state index is 11.9. The Kier molecular flexibility index (Phi) is 6.51. The van der Waals surface area contributed by atoms with Crippen molar-refractivity contribution in [1.82, 2.24) is 10.6 Å². The van der Waals surface area contributed by atoms with Crippen LogP contribution in [0.25, 0.3) is 0 Å². The van der Waals surface area contributed by atoms with Crippen molar-refractivity contribution in [2.24, 2.45) is 0 Å². The fourth-order valence-corrected chi connectivity index (χ4v) is 2.21. The molecule has 126 valence electrons. The quantitative estimate of drug-likeness (QED) is 0.685. The SMILES string of the molecule is CC(=O)Nc1ccc(CNCCNC(=O)c2ccc(C)cc2)cc1. The van der Waals surface area contributed by atoms with Crippen molar-refractivity contribution < 1.29 is 9.59 Å². The summed E-state index contributed by atoms with van der Waals surface area (Å²) in [4.78, 5) is 22.9. The van der Waals surface area contributed by atoms with E-state index >= 15 is 0 Å². The highest BCUT2D eigenvalue weighted by Gasteiger charge is 2.03. The zero-order chi connectivity index (χ0) is 17.4. The molecule has 0 atom stereocenters. The summed E-state index contributed by atoms with van der Waals surface area (Å²) < 4.78 is 0. The van der Waals surface area contributed by atoms with Gasteiger partial charge < -0.3 is 16.0 Å². The number of benzene rings is 2. The van der Waals surface area contributed by atoms with Crippen molar-refractivity contribution in [1.29, 1.82) is 0 Å². The van der Waals surface area contributed by atoms with Crippen LogP contribution in [0.4, 0.5) is 5.69 Å². The molecule has 0 fully saturated rings. The Balaban J connectivity index is 1.66. The first-order chi connectivity index (χ1) is 11.5. The molecule has 24 heavy (non-hydrogen) atoms. The zero-order valence-electron chi connectivity index (χ0n) is 14.1. The van der Waals surface area contributed by atoms with Crippen LogP contribution in [0.15, 0.2) is 48.5 Å². The third kappa shape index (κ3) is 5.85. The lowest BCUT2D eigenvalue weighted by molar-refractivity contribution is -0.114. The highest BCUT2D eigenvalue weighted by atomic mass is 16.2. The van der Waals surface area contributed by atoms with E-state index in [2.05, 4.69) is 16.0 Å². The first-order valence-electron chi connectivity index (χ1n) is 7.97. The summed E-state index contributed by atoms with van der Waals surface area (Å²) in [5.41, 5.74) is 3.72. The Labute approximate surface area is 142 Å². The average molecular weight is 325 g/mol. The Morgan fingerprint density at radius 1 is 0.917 bits per heavy atom.